The maximum absolute atomic E-state index is 13.2. The third kappa shape index (κ3) is 4.70. The van der Waals surface area contributed by atoms with Crippen molar-refractivity contribution in [3.8, 4) is 0 Å². The van der Waals surface area contributed by atoms with Gasteiger partial charge in [-0.25, -0.2) is 4.39 Å². The van der Waals surface area contributed by atoms with Crippen LogP contribution in [0.15, 0.2) is 48.5 Å². The van der Waals surface area contributed by atoms with E-state index in [-0.39, 0.29) is 11.6 Å². The number of hydrogen-bond donors (Lipinski definition) is 1. The van der Waals surface area contributed by atoms with Crippen LogP contribution in [0.3, 0.4) is 0 Å². The first-order valence-corrected chi connectivity index (χ1v) is 9.40. The minimum Gasteiger partial charge on any atom is -0.388 e. The van der Waals surface area contributed by atoms with Gasteiger partial charge >= 0.3 is 0 Å². The Kier molecular flexibility index (Phi) is 6.41. The zero-order chi connectivity index (χ0) is 18.5. The van der Waals surface area contributed by atoms with Crippen molar-refractivity contribution in [2.45, 2.75) is 37.8 Å². The number of aliphatic hydroxyl groups is 1. The molecule has 3 rings (SSSR count). The highest BCUT2D eigenvalue weighted by molar-refractivity contribution is 6.30. The van der Waals surface area contributed by atoms with Gasteiger partial charge in [0.15, 0.2) is 5.78 Å². The minimum absolute atomic E-state index is 0.0695. The number of Topliss-reactive ketones (excluding diaryl/α,β-unsaturated/α-hetero) is 1. The summed E-state index contributed by atoms with van der Waals surface area (Å²) in [7, 11) is 0. The molecule has 1 aliphatic rings. The number of rotatable bonds is 6. The quantitative estimate of drug-likeness (QED) is 0.748. The van der Waals surface area contributed by atoms with Crippen molar-refractivity contribution in [3.05, 3.63) is 70.5 Å². The second-order valence-corrected chi connectivity index (χ2v) is 7.22. The van der Waals surface area contributed by atoms with Gasteiger partial charge < -0.3 is 5.11 Å². The number of nitrogens with zero attached hydrogens (tertiary/aromatic N) is 1. The highest BCUT2D eigenvalue weighted by Crippen LogP contribution is 2.26. The van der Waals surface area contributed by atoms with Crippen molar-refractivity contribution >= 4 is 17.4 Å². The molecule has 0 amide bonds. The van der Waals surface area contributed by atoms with Crippen molar-refractivity contribution < 1.29 is 14.3 Å². The SMILES string of the molecule is O=C(c1ccc(F)cc1)C(CC(O)c1ccc(Cl)cc1)N1CCCCC1. The van der Waals surface area contributed by atoms with Gasteiger partial charge in [-0.1, -0.05) is 30.2 Å². The summed E-state index contributed by atoms with van der Waals surface area (Å²) in [5.74, 6) is -0.433. The van der Waals surface area contributed by atoms with E-state index in [2.05, 4.69) is 4.90 Å². The number of benzene rings is 2. The number of hydrogen-bond acceptors (Lipinski definition) is 3. The van der Waals surface area contributed by atoms with Crippen LogP contribution in [0, 0.1) is 5.82 Å². The number of halogens is 2. The highest BCUT2D eigenvalue weighted by Gasteiger charge is 2.30. The normalized spacial score (nSPS) is 17.7. The van der Waals surface area contributed by atoms with Crippen LogP contribution in [0.2, 0.25) is 5.02 Å². The van der Waals surface area contributed by atoms with E-state index in [1.165, 1.54) is 24.3 Å². The number of carbonyl (C=O) groups is 1. The van der Waals surface area contributed by atoms with Gasteiger partial charge in [0.05, 0.1) is 12.1 Å². The molecule has 1 aliphatic heterocycles. The first kappa shape index (κ1) is 19.0. The Hall–Kier alpha value is -1.75. The van der Waals surface area contributed by atoms with Gasteiger partial charge in [0.25, 0.3) is 0 Å². The average Bonchev–Trinajstić information content (AvgIpc) is 2.67. The van der Waals surface area contributed by atoms with Gasteiger partial charge in [0, 0.05) is 17.0 Å². The van der Waals surface area contributed by atoms with E-state index >= 15 is 0 Å². The molecule has 0 aromatic heterocycles. The number of ketones is 1. The van der Waals surface area contributed by atoms with Gasteiger partial charge in [-0.05, 0) is 67.9 Å². The number of carbonyl (C=O) groups excluding carboxylic acids is 1. The van der Waals surface area contributed by atoms with Crippen LogP contribution in [0.25, 0.3) is 0 Å². The van der Waals surface area contributed by atoms with Crippen molar-refractivity contribution in [1.82, 2.24) is 4.90 Å². The molecule has 1 heterocycles. The molecule has 2 unspecified atom stereocenters. The maximum Gasteiger partial charge on any atom is 0.180 e. The lowest BCUT2D eigenvalue weighted by molar-refractivity contribution is 0.0618. The van der Waals surface area contributed by atoms with Gasteiger partial charge in [-0.2, -0.15) is 0 Å². The number of likely N-dealkylation sites (tertiary alicyclic amines) is 1. The second kappa shape index (κ2) is 8.76. The lowest BCUT2D eigenvalue weighted by atomic mass is 9.93. The summed E-state index contributed by atoms with van der Waals surface area (Å²) in [4.78, 5) is 15.2. The zero-order valence-electron chi connectivity index (χ0n) is 14.6. The molecule has 2 atom stereocenters. The lowest BCUT2D eigenvalue weighted by Gasteiger charge is -2.34. The van der Waals surface area contributed by atoms with E-state index < -0.39 is 12.1 Å². The summed E-state index contributed by atoms with van der Waals surface area (Å²) in [6.07, 6.45) is 2.80. The minimum atomic E-state index is -0.761. The molecule has 0 bridgehead atoms. The number of aliphatic hydroxyl groups excluding tert-OH is 1. The van der Waals surface area contributed by atoms with Crippen molar-refractivity contribution in [3.63, 3.8) is 0 Å². The highest BCUT2D eigenvalue weighted by atomic mass is 35.5. The van der Waals surface area contributed by atoms with Crippen molar-refractivity contribution in [1.29, 1.82) is 0 Å². The molecule has 0 spiro atoms. The topological polar surface area (TPSA) is 40.5 Å². The Balaban J connectivity index is 1.81. The van der Waals surface area contributed by atoms with E-state index in [0.717, 1.165) is 37.9 Å². The molecule has 2 aromatic rings. The molecule has 3 nitrogen and oxygen atoms in total. The zero-order valence-corrected chi connectivity index (χ0v) is 15.3. The molecule has 0 radical (unpaired) electrons. The van der Waals surface area contributed by atoms with E-state index in [1.54, 1.807) is 24.3 Å². The summed E-state index contributed by atoms with van der Waals surface area (Å²) >= 11 is 5.91. The van der Waals surface area contributed by atoms with Gasteiger partial charge in [0.2, 0.25) is 0 Å². The summed E-state index contributed by atoms with van der Waals surface area (Å²) < 4.78 is 13.2. The summed E-state index contributed by atoms with van der Waals surface area (Å²) in [6.45, 7) is 1.68. The lowest BCUT2D eigenvalue weighted by Crippen LogP contribution is -2.45. The van der Waals surface area contributed by atoms with Gasteiger partial charge in [-0.3, -0.25) is 9.69 Å². The monoisotopic (exact) mass is 375 g/mol. The predicted molar refractivity (Wildman–Crippen MR) is 101 cm³/mol. The predicted octanol–water partition coefficient (Wildman–Crippen LogP) is 4.64. The molecule has 1 fully saturated rings. The van der Waals surface area contributed by atoms with E-state index in [1.807, 2.05) is 0 Å². The average molecular weight is 376 g/mol. The molecule has 2 aromatic carbocycles. The molecule has 138 valence electrons. The van der Waals surface area contributed by atoms with Crippen LogP contribution in [-0.2, 0) is 0 Å². The summed E-state index contributed by atoms with van der Waals surface area (Å²) in [6, 6.07) is 12.2. The Morgan fingerprint density at radius 1 is 1.04 bits per heavy atom. The Labute approximate surface area is 158 Å². The molecule has 0 aliphatic carbocycles. The van der Waals surface area contributed by atoms with Gasteiger partial charge in [0.1, 0.15) is 5.82 Å². The Morgan fingerprint density at radius 2 is 1.65 bits per heavy atom. The van der Waals surface area contributed by atoms with E-state index in [9.17, 15) is 14.3 Å². The third-order valence-corrected chi connectivity index (χ3v) is 5.22. The van der Waals surface area contributed by atoms with Crippen LogP contribution >= 0.6 is 11.6 Å². The molecule has 1 saturated heterocycles. The fraction of sp³-hybridized carbons (Fsp3) is 0.381. The maximum atomic E-state index is 13.2. The van der Waals surface area contributed by atoms with Crippen LogP contribution in [0.5, 0.6) is 0 Å². The summed E-state index contributed by atoms with van der Waals surface area (Å²) in [5, 5.41) is 11.3. The van der Waals surface area contributed by atoms with Crippen LogP contribution in [0.4, 0.5) is 4.39 Å². The molecular formula is C21H23ClFNO2. The molecule has 1 N–H and O–H groups in total. The van der Waals surface area contributed by atoms with Crippen LogP contribution in [0.1, 0.15) is 47.7 Å². The summed E-state index contributed by atoms with van der Waals surface area (Å²) in [5.41, 5.74) is 1.22. The van der Waals surface area contributed by atoms with Crippen LogP contribution in [-0.4, -0.2) is 34.9 Å². The van der Waals surface area contributed by atoms with Crippen molar-refractivity contribution in [2.75, 3.05) is 13.1 Å². The Bertz CT molecular complexity index is 727. The molecular weight excluding hydrogens is 353 g/mol. The molecule has 26 heavy (non-hydrogen) atoms. The van der Waals surface area contributed by atoms with E-state index in [0.29, 0.717) is 17.0 Å². The fourth-order valence-electron chi connectivity index (χ4n) is 3.49. The molecule has 0 saturated carbocycles. The second-order valence-electron chi connectivity index (χ2n) is 6.79. The Morgan fingerprint density at radius 3 is 2.27 bits per heavy atom. The largest absolute Gasteiger partial charge is 0.388 e. The van der Waals surface area contributed by atoms with Gasteiger partial charge in [-0.15, -0.1) is 0 Å². The fourth-order valence-corrected chi connectivity index (χ4v) is 3.62. The molecule has 5 heteroatoms. The van der Waals surface area contributed by atoms with Crippen LogP contribution < -0.4 is 0 Å². The first-order valence-electron chi connectivity index (χ1n) is 9.02. The standard InChI is InChI=1S/C21H23ClFNO2/c22-17-8-4-15(5-9-17)20(25)14-19(24-12-2-1-3-13-24)21(26)16-6-10-18(23)11-7-16/h4-11,19-20,25H,1-3,12-14H2. The third-order valence-electron chi connectivity index (χ3n) is 4.96. The first-order chi connectivity index (χ1) is 12.5. The van der Waals surface area contributed by atoms with Crippen molar-refractivity contribution in [2.24, 2.45) is 0 Å². The smallest absolute Gasteiger partial charge is 0.180 e. The number of piperidine rings is 1. The van der Waals surface area contributed by atoms with E-state index in [4.69, 9.17) is 11.6 Å².